The van der Waals surface area contributed by atoms with E-state index < -0.39 is 0 Å². The highest BCUT2D eigenvalue weighted by Gasteiger charge is 2.18. The van der Waals surface area contributed by atoms with Gasteiger partial charge in [-0.15, -0.1) is 10.2 Å². The monoisotopic (exact) mass is 462 g/mol. The SMILES string of the molecule is O=C(Cn1cc(-c2nnc(-c3ccco3)o2)c2ccccc21)Nc1ccc(Br)cc1. The van der Waals surface area contributed by atoms with Crippen LogP contribution in [0.15, 0.2) is 86.4 Å². The number of nitrogens with one attached hydrogen (secondary N) is 1. The van der Waals surface area contributed by atoms with Crippen LogP contribution in [0, 0.1) is 0 Å². The Bertz CT molecular complexity index is 1320. The molecule has 5 aromatic rings. The Morgan fingerprint density at radius 2 is 1.80 bits per heavy atom. The van der Waals surface area contributed by atoms with Crippen LogP contribution < -0.4 is 5.32 Å². The van der Waals surface area contributed by atoms with Crippen LogP contribution in [0.3, 0.4) is 0 Å². The number of carbonyl (C=O) groups is 1. The zero-order valence-electron chi connectivity index (χ0n) is 15.6. The van der Waals surface area contributed by atoms with E-state index in [2.05, 4.69) is 31.4 Å². The molecule has 5 rings (SSSR count). The number of hydrogen-bond donors (Lipinski definition) is 1. The molecule has 0 unspecified atom stereocenters. The molecule has 3 heterocycles. The zero-order chi connectivity index (χ0) is 20.5. The molecule has 0 aliphatic heterocycles. The van der Waals surface area contributed by atoms with Gasteiger partial charge >= 0.3 is 0 Å². The third kappa shape index (κ3) is 3.53. The highest BCUT2D eigenvalue weighted by molar-refractivity contribution is 9.10. The first-order chi connectivity index (χ1) is 14.7. The highest BCUT2D eigenvalue weighted by atomic mass is 79.9. The van der Waals surface area contributed by atoms with E-state index in [-0.39, 0.29) is 12.5 Å². The Balaban J connectivity index is 1.45. The molecule has 148 valence electrons. The summed E-state index contributed by atoms with van der Waals surface area (Å²) < 4.78 is 14.0. The van der Waals surface area contributed by atoms with Gasteiger partial charge in [-0.2, -0.15) is 0 Å². The molecule has 0 radical (unpaired) electrons. The highest BCUT2D eigenvalue weighted by Crippen LogP contribution is 2.31. The van der Waals surface area contributed by atoms with Gasteiger partial charge in [0.05, 0.1) is 11.8 Å². The number of aromatic nitrogens is 3. The maximum absolute atomic E-state index is 12.6. The van der Waals surface area contributed by atoms with Gasteiger partial charge in [0.15, 0.2) is 5.76 Å². The molecule has 0 bridgehead atoms. The van der Waals surface area contributed by atoms with E-state index in [1.807, 2.05) is 59.3 Å². The summed E-state index contributed by atoms with van der Waals surface area (Å²) in [7, 11) is 0. The summed E-state index contributed by atoms with van der Waals surface area (Å²) in [4.78, 5) is 12.6. The van der Waals surface area contributed by atoms with Crippen LogP contribution in [-0.4, -0.2) is 20.7 Å². The lowest BCUT2D eigenvalue weighted by atomic mass is 10.2. The number of furan rings is 1. The van der Waals surface area contributed by atoms with Gasteiger partial charge in [0.2, 0.25) is 11.8 Å². The molecule has 0 atom stereocenters. The standard InChI is InChI=1S/C22H15BrN4O3/c23-14-7-9-15(10-8-14)24-20(28)13-27-12-17(16-4-1-2-5-18(16)27)21-25-26-22(30-21)19-6-3-11-29-19/h1-12H,13H2,(H,24,28). The molecule has 8 heteroatoms. The third-order valence-electron chi connectivity index (χ3n) is 4.62. The molecular weight excluding hydrogens is 448 g/mol. The lowest BCUT2D eigenvalue weighted by Gasteiger charge is -2.07. The number of amides is 1. The van der Waals surface area contributed by atoms with E-state index in [1.54, 1.807) is 18.4 Å². The van der Waals surface area contributed by atoms with Crippen LogP contribution in [0.2, 0.25) is 0 Å². The van der Waals surface area contributed by atoms with Gasteiger partial charge in [-0.25, -0.2) is 0 Å². The molecule has 0 fully saturated rings. The van der Waals surface area contributed by atoms with E-state index in [1.165, 1.54) is 0 Å². The summed E-state index contributed by atoms with van der Waals surface area (Å²) in [5, 5.41) is 12.1. The minimum Gasteiger partial charge on any atom is -0.459 e. The Labute approximate surface area is 179 Å². The van der Waals surface area contributed by atoms with E-state index in [4.69, 9.17) is 8.83 Å². The van der Waals surface area contributed by atoms with E-state index in [0.717, 1.165) is 26.6 Å². The van der Waals surface area contributed by atoms with Crippen molar-refractivity contribution in [2.45, 2.75) is 6.54 Å². The van der Waals surface area contributed by atoms with Crippen LogP contribution in [-0.2, 0) is 11.3 Å². The minimum atomic E-state index is -0.133. The largest absolute Gasteiger partial charge is 0.459 e. The van der Waals surface area contributed by atoms with Crippen molar-refractivity contribution < 1.29 is 13.6 Å². The first-order valence-corrected chi connectivity index (χ1v) is 9.98. The molecule has 1 amide bonds. The van der Waals surface area contributed by atoms with E-state index in [9.17, 15) is 4.79 Å². The summed E-state index contributed by atoms with van der Waals surface area (Å²) in [5.41, 5.74) is 2.39. The van der Waals surface area contributed by atoms with Crippen molar-refractivity contribution in [3.8, 4) is 23.1 Å². The molecule has 0 spiro atoms. The Kier molecular flexibility index (Phi) is 4.68. The van der Waals surface area contributed by atoms with Gasteiger partial charge in [0, 0.05) is 27.3 Å². The maximum atomic E-state index is 12.6. The van der Waals surface area contributed by atoms with Gasteiger partial charge < -0.3 is 18.7 Å². The molecule has 0 aliphatic rings. The molecule has 30 heavy (non-hydrogen) atoms. The van der Waals surface area contributed by atoms with E-state index in [0.29, 0.717) is 17.5 Å². The second kappa shape index (κ2) is 7.64. The molecule has 7 nitrogen and oxygen atoms in total. The number of nitrogens with zero attached hydrogens (tertiary/aromatic N) is 3. The Morgan fingerprint density at radius 1 is 1.00 bits per heavy atom. The minimum absolute atomic E-state index is 0.133. The van der Waals surface area contributed by atoms with Crippen molar-refractivity contribution >= 4 is 38.4 Å². The molecule has 0 aliphatic carbocycles. The summed E-state index contributed by atoms with van der Waals surface area (Å²) in [5.74, 6) is 1.04. The first kappa shape index (κ1) is 18.4. The number of rotatable bonds is 5. The number of anilines is 1. The molecule has 2 aromatic carbocycles. The fraction of sp³-hybridized carbons (Fsp3) is 0.0455. The van der Waals surface area contributed by atoms with Crippen molar-refractivity contribution in [2.24, 2.45) is 0 Å². The summed E-state index contributed by atoms with van der Waals surface area (Å²) >= 11 is 3.39. The second-order valence-electron chi connectivity index (χ2n) is 6.63. The van der Waals surface area contributed by atoms with Crippen molar-refractivity contribution in [1.82, 2.24) is 14.8 Å². The van der Waals surface area contributed by atoms with Gasteiger partial charge in [-0.3, -0.25) is 4.79 Å². The Morgan fingerprint density at radius 3 is 2.60 bits per heavy atom. The topological polar surface area (TPSA) is 86.1 Å². The molecular formula is C22H15BrN4O3. The van der Waals surface area contributed by atoms with Crippen LogP contribution in [0.25, 0.3) is 34.0 Å². The molecule has 3 aromatic heterocycles. The van der Waals surface area contributed by atoms with Crippen LogP contribution in [0.5, 0.6) is 0 Å². The summed E-state index contributed by atoms with van der Waals surface area (Å²) in [6, 6.07) is 18.7. The quantitative estimate of drug-likeness (QED) is 0.380. The smallest absolute Gasteiger partial charge is 0.283 e. The lowest BCUT2D eigenvalue weighted by molar-refractivity contribution is -0.116. The van der Waals surface area contributed by atoms with Crippen molar-refractivity contribution in [1.29, 1.82) is 0 Å². The predicted molar refractivity (Wildman–Crippen MR) is 116 cm³/mol. The predicted octanol–water partition coefficient (Wildman–Crippen LogP) is 5.35. The normalized spacial score (nSPS) is 11.1. The number of carbonyl (C=O) groups excluding carboxylic acids is 1. The van der Waals surface area contributed by atoms with Crippen LogP contribution in [0.4, 0.5) is 5.69 Å². The first-order valence-electron chi connectivity index (χ1n) is 9.18. The van der Waals surface area contributed by atoms with Crippen molar-refractivity contribution in [3.05, 3.63) is 77.6 Å². The number of halogens is 1. The third-order valence-corrected chi connectivity index (χ3v) is 5.15. The summed E-state index contributed by atoms with van der Waals surface area (Å²) in [6.45, 7) is 0.149. The summed E-state index contributed by atoms with van der Waals surface area (Å²) in [6.07, 6.45) is 3.40. The van der Waals surface area contributed by atoms with Crippen molar-refractivity contribution in [3.63, 3.8) is 0 Å². The van der Waals surface area contributed by atoms with Crippen LogP contribution in [0.1, 0.15) is 0 Å². The average Bonchev–Trinajstić information content (AvgIpc) is 3.49. The maximum Gasteiger partial charge on any atom is 0.283 e. The Hall–Kier alpha value is -3.65. The second-order valence-corrected chi connectivity index (χ2v) is 7.55. The fourth-order valence-electron chi connectivity index (χ4n) is 3.27. The number of fused-ring (bicyclic) bond motifs is 1. The fourth-order valence-corrected chi connectivity index (χ4v) is 3.53. The number of hydrogen-bond acceptors (Lipinski definition) is 5. The van der Waals surface area contributed by atoms with Gasteiger partial charge in [0.25, 0.3) is 5.89 Å². The van der Waals surface area contributed by atoms with E-state index >= 15 is 0 Å². The number of para-hydroxylation sites is 1. The lowest BCUT2D eigenvalue weighted by Crippen LogP contribution is -2.18. The molecule has 0 saturated heterocycles. The average molecular weight is 463 g/mol. The van der Waals surface area contributed by atoms with Crippen molar-refractivity contribution in [2.75, 3.05) is 5.32 Å². The van der Waals surface area contributed by atoms with Gasteiger partial charge in [-0.1, -0.05) is 34.1 Å². The molecule has 1 N–H and O–H groups in total. The van der Waals surface area contributed by atoms with Gasteiger partial charge in [-0.05, 0) is 42.5 Å². The molecule has 0 saturated carbocycles. The van der Waals surface area contributed by atoms with Gasteiger partial charge in [0.1, 0.15) is 6.54 Å². The number of benzene rings is 2. The zero-order valence-corrected chi connectivity index (χ0v) is 17.2. The van der Waals surface area contributed by atoms with Crippen LogP contribution >= 0.6 is 15.9 Å².